The Bertz CT molecular complexity index is 381. The highest BCUT2D eigenvalue weighted by Gasteiger charge is 2.13. The van der Waals surface area contributed by atoms with Crippen molar-refractivity contribution in [3.63, 3.8) is 0 Å². The zero-order chi connectivity index (χ0) is 12.1. The van der Waals surface area contributed by atoms with E-state index < -0.39 is 0 Å². The van der Waals surface area contributed by atoms with Crippen molar-refractivity contribution < 1.29 is 4.52 Å². The van der Waals surface area contributed by atoms with Crippen molar-refractivity contribution in [1.29, 1.82) is 0 Å². The summed E-state index contributed by atoms with van der Waals surface area (Å²) >= 11 is 0. The maximum Gasteiger partial charge on any atom is 0.143 e. The van der Waals surface area contributed by atoms with Gasteiger partial charge in [-0.1, -0.05) is 18.2 Å². The second-order valence-electron chi connectivity index (χ2n) is 4.12. The standard InChI is InChI=1S/C13H20N2O/c1-6-7-8-12(14-9(2)3)13-10(4)15-16-11(13)5/h7-9H,6H2,1-5H3/b8-7-,14-12+. The number of allylic oxidation sites excluding steroid dienone is 2. The van der Waals surface area contributed by atoms with Gasteiger partial charge in [0, 0.05) is 6.04 Å². The molecule has 0 spiro atoms. The monoisotopic (exact) mass is 220 g/mol. The van der Waals surface area contributed by atoms with Crippen LogP contribution in [-0.4, -0.2) is 16.9 Å². The van der Waals surface area contributed by atoms with E-state index in [0.29, 0.717) is 0 Å². The molecule has 88 valence electrons. The summed E-state index contributed by atoms with van der Waals surface area (Å²) in [6, 6.07) is 0.269. The molecule has 1 aromatic heterocycles. The van der Waals surface area contributed by atoms with Gasteiger partial charge in [0.1, 0.15) is 5.76 Å². The first kappa shape index (κ1) is 12.7. The average Bonchev–Trinajstić information content (AvgIpc) is 2.53. The van der Waals surface area contributed by atoms with E-state index in [1.54, 1.807) is 0 Å². The van der Waals surface area contributed by atoms with Gasteiger partial charge in [-0.2, -0.15) is 0 Å². The second kappa shape index (κ2) is 5.64. The van der Waals surface area contributed by atoms with Crippen LogP contribution in [0.2, 0.25) is 0 Å². The highest BCUT2D eigenvalue weighted by atomic mass is 16.5. The smallest absolute Gasteiger partial charge is 0.143 e. The lowest BCUT2D eigenvalue weighted by Gasteiger charge is -2.03. The number of hydrogen-bond donors (Lipinski definition) is 0. The largest absolute Gasteiger partial charge is 0.361 e. The van der Waals surface area contributed by atoms with Crippen LogP contribution in [0.25, 0.3) is 0 Å². The fourth-order valence-corrected chi connectivity index (χ4v) is 1.55. The number of aryl methyl sites for hydroxylation is 2. The van der Waals surface area contributed by atoms with Crippen molar-refractivity contribution in [1.82, 2.24) is 5.16 Å². The summed E-state index contributed by atoms with van der Waals surface area (Å²) in [6.07, 6.45) is 5.15. The Morgan fingerprint density at radius 1 is 1.44 bits per heavy atom. The molecule has 0 radical (unpaired) electrons. The van der Waals surface area contributed by atoms with Crippen molar-refractivity contribution >= 4 is 5.71 Å². The molecule has 0 saturated carbocycles. The summed E-state index contributed by atoms with van der Waals surface area (Å²) in [5, 5.41) is 3.96. The van der Waals surface area contributed by atoms with E-state index in [1.165, 1.54) is 0 Å². The molecule has 0 aliphatic rings. The molecule has 0 amide bonds. The highest BCUT2D eigenvalue weighted by Crippen LogP contribution is 2.15. The summed E-state index contributed by atoms with van der Waals surface area (Å²) in [7, 11) is 0. The van der Waals surface area contributed by atoms with Crippen LogP contribution in [0.4, 0.5) is 0 Å². The molecule has 3 nitrogen and oxygen atoms in total. The molecular weight excluding hydrogens is 200 g/mol. The van der Waals surface area contributed by atoms with E-state index in [0.717, 1.165) is 29.2 Å². The number of rotatable bonds is 4. The maximum absolute atomic E-state index is 5.17. The highest BCUT2D eigenvalue weighted by molar-refractivity contribution is 6.10. The van der Waals surface area contributed by atoms with Crippen LogP contribution in [0.15, 0.2) is 21.7 Å². The predicted octanol–water partition coefficient (Wildman–Crippen LogP) is 3.46. The molecule has 0 unspecified atom stereocenters. The Hall–Kier alpha value is -1.38. The van der Waals surface area contributed by atoms with Crippen molar-refractivity contribution in [2.45, 2.75) is 47.1 Å². The molecule has 0 aliphatic heterocycles. The number of aliphatic imine (C=N–C) groups is 1. The summed E-state index contributed by atoms with van der Waals surface area (Å²) in [5.74, 6) is 0.831. The van der Waals surface area contributed by atoms with Gasteiger partial charge in [0.2, 0.25) is 0 Å². The quantitative estimate of drug-likeness (QED) is 0.729. The number of hydrogen-bond acceptors (Lipinski definition) is 3. The Labute approximate surface area is 97.3 Å². The van der Waals surface area contributed by atoms with Gasteiger partial charge < -0.3 is 4.52 Å². The van der Waals surface area contributed by atoms with Crippen molar-refractivity contribution in [3.8, 4) is 0 Å². The van der Waals surface area contributed by atoms with Gasteiger partial charge in [0.15, 0.2) is 0 Å². The summed E-state index contributed by atoms with van der Waals surface area (Å²) in [4.78, 5) is 4.61. The maximum atomic E-state index is 5.17. The minimum Gasteiger partial charge on any atom is -0.361 e. The Balaban J connectivity index is 3.16. The van der Waals surface area contributed by atoms with E-state index in [4.69, 9.17) is 4.52 Å². The van der Waals surface area contributed by atoms with Crippen LogP contribution in [0.3, 0.4) is 0 Å². The molecule has 0 bridgehead atoms. The third-order valence-electron chi connectivity index (χ3n) is 2.20. The fraction of sp³-hybridized carbons (Fsp3) is 0.538. The molecule has 1 heterocycles. The average molecular weight is 220 g/mol. The van der Waals surface area contributed by atoms with E-state index in [1.807, 2.05) is 19.9 Å². The predicted molar refractivity (Wildman–Crippen MR) is 67.1 cm³/mol. The van der Waals surface area contributed by atoms with Crippen molar-refractivity contribution in [2.75, 3.05) is 0 Å². The first-order chi connectivity index (χ1) is 7.56. The van der Waals surface area contributed by atoms with Gasteiger partial charge in [-0.25, -0.2) is 0 Å². The Morgan fingerprint density at radius 2 is 2.12 bits per heavy atom. The minimum absolute atomic E-state index is 0.269. The minimum atomic E-state index is 0.269. The lowest BCUT2D eigenvalue weighted by molar-refractivity contribution is 0.393. The van der Waals surface area contributed by atoms with Crippen LogP contribution < -0.4 is 0 Å². The molecular formula is C13H20N2O. The molecule has 0 N–H and O–H groups in total. The van der Waals surface area contributed by atoms with Gasteiger partial charge in [-0.15, -0.1) is 0 Å². The normalized spacial score (nSPS) is 13.0. The zero-order valence-corrected chi connectivity index (χ0v) is 10.7. The lowest BCUT2D eigenvalue weighted by Crippen LogP contribution is -2.04. The first-order valence-corrected chi connectivity index (χ1v) is 5.73. The van der Waals surface area contributed by atoms with Crippen LogP contribution in [0.1, 0.15) is 44.2 Å². The van der Waals surface area contributed by atoms with Gasteiger partial charge in [-0.05, 0) is 40.2 Å². The Kier molecular flexibility index (Phi) is 4.47. The SMILES string of the molecule is CC/C=C\C(=N/C(C)C)c1c(C)noc1C. The van der Waals surface area contributed by atoms with E-state index in [-0.39, 0.29) is 6.04 Å². The topological polar surface area (TPSA) is 38.4 Å². The van der Waals surface area contributed by atoms with Crippen LogP contribution in [-0.2, 0) is 0 Å². The molecule has 1 rings (SSSR count). The van der Waals surface area contributed by atoms with Gasteiger partial charge in [0.25, 0.3) is 0 Å². The van der Waals surface area contributed by atoms with E-state index in [9.17, 15) is 0 Å². The van der Waals surface area contributed by atoms with E-state index in [2.05, 4.69) is 37.0 Å². The Morgan fingerprint density at radius 3 is 2.56 bits per heavy atom. The van der Waals surface area contributed by atoms with Gasteiger partial charge in [0.05, 0.1) is 17.0 Å². The first-order valence-electron chi connectivity index (χ1n) is 5.73. The molecule has 16 heavy (non-hydrogen) atoms. The molecule has 0 saturated heterocycles. The molecule has 0 atom stereocenters. The number of aromatic nitrogens is 1. The van der Waals surface area contributed by atoms with Crippen molar-refractivity contribution in [3.05, 3.63) is 29.2 Å². The van der Waals surface area contributed by atoms with Crippen LogP contribution >= 0.6 is 0 Å². The molecule has 3 heteroatoms. The van der Waals surface area contributed by atoms with Gasteiger partial charge in [-0.3, -0.25) is 4.99 Å². The van der Waals surface area contributed by atoms with E-state index >= 15 is 0 Å². The third kappa shape index (κ3) is 3.05. The number of nitrogens with zero attached hydrogens (tertiary/aromatic N) is 2. The van der Waals surface area contributed by atoms with Gasteiger partial charge >= 0.3 is 0 Å². The lowest BCUT2D eigenvalue weighted by atomic mass is 10.1. The van der Waals surface area contributed by atoms with Crippen LogP contribution in [0, 0.1) is 13.8 Å². The zero-order valence-electron chi connectivity index (χ0n) is 10.7. The van der Waals surface area contributed by atoms with Crippen molar-refractivity contribution in [2.24, 2.45) is 4.99 Å². The summed E-state index contributed by atoms with van der Waals surface area (Å²) < 4.78 is 5.17. The van der Waals surface area contributed by atoms with Crippen LogP contribution in [0.5, 0.6) is 0 Å². The second-order valence-corrected chi connectivity index (χ2v) is 4.12. The third-order valence-corrected chi connectivity index (χ3v) is 2.20. The fourth-order valence-electron chi connectivity index (χ4n) is 1.55. The summed E-state index contributed by atoms with van der Waals surface area (Å²) in [5.41, 5.74) is 2.89. The summed E-state index contributed by atoms with van der Waals surface area (Å²) in [6.45, 7) is 10.1. The molecule has 0 aromatic carbocycles. The molecule has 0 fully saturated rings. The molecule has 0 aliphatic carbocycles. The molecule has 1 aromatic rings.